The molecule has 18 heavy (non-hydrogen) atoms. The molecule has 1 aliphatic carbocycles. The molecule has 2 unspecified atom stereocenters. The van der Waals surface area contributed by atoms with E-state index in [9.17, 15) is 0 Å². The molecule has 0 spiro atoms. The summed E-state index contributed by atoms with van der Waals surface area (Å²) in [6, 6.07) is 1.98. The highest BCUT2D eigenvalue weighted by Crippen LogP contribution is 2.28. The van der Waals surface area contributed by atoms with Crippen LogP contribution in [-0.2, 0) is 4.74 Å². The molecule has 1 aliphatic heterocycles. The van der Waals surface area contributed by atoms with E-state index < -0.39 is 0 Å². The Kier molecular flexibility index (Phi) is 5.46. The first-order chi connectivity index (χ1) is 8.70. The normalized spacial score (nSPS) is 38.0. The van der Waals surface area contributed by atoms with E-state index in [1.165, 1.54) is 51.5 Å². The van der Waals surface area contributed by atoms with Gasteiger partial charge in [0.25, 0.3) is 0 Å². The highest BCUT2D eigenvalue weighted by Gasteiger charge is 2.31. The molecule has 3 nitrogen and oxygen atoms in total. The summed E-state index contributed by atoms with van der Waals surface area (Å²) in [7, 11) is 0. The minimum Gasteiger partial charge on any atom is -0.378 e. The highest BCUT2D eigenvalue weighted by molar-refractivity contribution is 4.87. The maximum atomic E-state index is 6.03. The van der Waals surface area contributed by atoms with Gasteiger partial charge in [-0.25, -0.2) is 0 Å². The fourth-order valence-electron chi connectivity index (χ4n) is 3.63. The number of nitrogens with two attached hydrogens (primary N) is 1. The average Bonchev–Trinajstić information content (AvgIpc) is 2.37. The van der Waals surface area contributed by atoms with Crippen molar-refractivity contribution in [2.45, 2.75) is 83.0 Å². The van der Waals surface area contributed by atoms with Crippen LogP contribution in [0.4, 0.5) is 0 Å². The molecule has 2 rings (SSSR count). The van der Waals surface area contributed by atoms with E-state index in [0.29, 0.717) is 12.1 Å². The number of rotatable bonds is 4. The van der Waals surface area contributed by atoms with E-state index in [-0.39, 0.29) is 0 Å². The number of hydrogen-bond donors (Lipinski definition) is 1. The van der Waals surface area contributed by atoms with Gasteiger partial charge >= 0.3 is 0 Å². The molecule has 0 aromatic rings. The molecule has 0 radical (unpaired) electrons. The van der Waals surface area contributed by atoms with Crippen molar-refractivity contribution in [1.29, 1.82) is 0 Å². The molecule has 2 aliphatic rings. The average molecular weight is 254 g/mol. The van der Waals surface area contributed by atoms with Gasteiger partial charge in [-0.2, -0.15) is 0 Å². The van der Waals surface area contributed by atoms with E-state index in [2.05, 4.69) is 18.7 Å². The smallest absolute Gasteiger partial charge is 0.0561 e. The molecule has 3 heteroatoms. The fourth-order valence-corrected chi connectivity index (χ4v) is 3.63. The summed E-state index contributed by atoms with van der Waals surface area (Å²) in [4.78, 5) is 2.78. The lowest BCUT2D eigenvalue weighted by Crippen LogP contribution is -2.49. The first-order valence-corrected chi connectivity index (χ1v) is 7.83. The predicted molar refractivity (Wildman–Crippen MR) is 75.7 cm³/mol. The van der Waals surface area contributed by atoms with E-state index in [4.69, 9.17) is 10.5 Å². The summed E-state index contributed by atoms with van der Waals surface area (Å²) in [5.41, 5.74) is 6.03. The summed E-state index contributed by atoms with van der Waals surface area (Å²) < 4.78 is 5.69. The summed E-state index contributed by atoms with van der Waals surface area (Å²) in [5.74, 6) is 0. The lowest BCUT2D eigenvalue weighted by Gasteiger charge is -2.43. The highest BCUT2D eigenvalue weighted by atomic mass is 16.5. The van der Waals surface area contributed by atoms with Crippen molar-refractivity contribution in [2.75, 3.05) is 13.2 Å². The first kappa shape index (κ1) is 14.3. The van der Waals surface area contributed by atoms with E-state index in [1.807, 2.05) is 0 Å². The van der Waals surface area contributed by atoms with Crippen molar-refractivity contribution >= 4 is 0 Å². The van der Waals surface area contributed by atoms with Gasteiger partial charge in [-0.3, -0.25) is 4.90 Å². The Bertz CT molecular complexity index is 239. The zero-order valence-electron chi connectivity index (χ0n) is 12.1. The van der Waals surface area contributed by atoms with Crippen LogP contribution >= 0.6 is 0 Å². The lowest BCUT2D eigenvalue weighted by atomic mass is 9.88. The number of ether oxygens (including phenoxy) is 1. The third kappa shape index (κ3) is 3.69. The Hall–Kier alpha value is -0.120. The van der Waals surface area contributed by atoms with Gasteiger partial charge < -0.3 is 10.5 Å². The molecule has 2 fully saturated rings. The monoisotopic (exact) mass is 254 g/mol. The van der Waals surface area contributed by atoms with Crippen LogP contribution in [0.3, 0.4) is 0 Å². The van der Waals surface area contributed by atoms with Crippen molar-refractivity contribution in [1.82, 2.24) is 4.90 Å². The second kappa shape index (κ2) is 6.88. The van der Waals surface area contributed by atoms with Crippen LogP contribution in [0, 0.1) is 0 Å². The zero-order chi connectivity index (χ0) is 13.0. The van der Waals surface area contributed by atoms with Crippen LogP contribution in [0.2, 0.25) is 0 Å². The van der Waals surface area contributed by atoms with Gasteiger partial charge in [-0.1, -0.05) is 6.92 Å². The molecule has 1 saturated heterocycles. The van der Waals surface area contributed by atoms with Gasteiger partial charge in [0.1, 0.15) is 0 Å². The first-order valence-electron chi connectivity index (χ1n) is 7.83. The van der Waals surface area contributed by atoms with Crippen molar-refractivity contribution in [3.8, 4) is 0 Å². The number of hydrogen-bond acceptors (Lipinski definition) is 3. The lowest BCUT2D eigenvalue weighted by molar-refractivity contribution is -0.0329. The second-order valence-corrected chi connectivity index (χ2v) is 6.17. The van der Waals surface area contributed by atoms with Gasteiger partial charge in [0, 0.05) is 24.7 Å². The molecule has 1 saturated carbocycles. The van der Waals surface area contributed by atoms with Gasteiger partial charge in [-0.05, 0) is 58.4 Å². The molecule has 0 aromatic heterocycles. The van der Waals surface area contributed by atoms with Gasteiger partial charge in [0.2, 0.25) is 0 Å². The van der Waals surface area contributed by atoms with Gasteiger partial charge in [0.15, 0.2) is 0 Å². The largest absolute Gasteiger partial charge is 0.378 e. The Morgan fingerprint density at radius 2 is 1.83 bits per heavy atom. The van der Waals surface area contributed by atoms with Gasteiger partial charge in [-0.15, -0.1) is 0 Å². The van der Waals surface area contributed by atoms with Crippen molar-refractivity contribution in [2.24, 2.45) is 5.73 Å². The molecule has 0 aromatic carbocycles. The molecular formula is C15H30N2O. The standard InChI is InChI=1S/C15H30N2O/c1-3-9-17(14-6-4-13(16)5-7-14)15-8-10-18-12(2)11-15/h12-15H,3-11,16H2,1-2H3. The molecule has 0 amide bonds. The van der Waals surface area contributed by atoms with Crippen molar-refractivity contribution in [3.05, 3.63) is 0 Å². The summed E-state index contributed by atoms with van der Waals surface area (Å²) in [5, 5.41) is 0. The van der Waals surface area contributed by atoms with Crippen LogP contribution in [0.1, 0.15) is 58.8 Å². The molecule has 1 heterocycles. The fraction of sp³-hybridized carbons (Fsp3) is 1.00. The Balaban J connectivity index is 1.93. The Morgan fingerprint density at radius 1 is 1.11 bits per heavy atom. The molecule has 0 bridgehead atoms. The van der Waals surface area contributed by atoms with Crippen LogP contribution in [0.15, 0.2) is 0 Å². The predicted octanol–water partition coefficient (Wildman–Crippen LogP) is 2.54. The van der Waals surface area contributed by atoms with E-state index >= 15 is 0 Å². The van der Waals surface area contributed by atoms with Crippen LogP contribution in [-0.4, -0.2) is 42.3 Å². The SMILES string of the molecule is CCCN(C1CCC(N)CC1)C1CCOC(C)C1. The summed E-state index contributed by atoms with van der Waals surface area (Å²) in [6.45, 7) is 6.70. The second-order valence-electron chi connectivity index (χ2n) is 6.17. The number of nitrogens with zero attached hydrogens (tertiary/aromatic N) is 1. The van der Waals surface area contributed by atoms with Crippen LogP contribution in [0.25, 0.3) is 0 Å². The minimum atomic E-state index is 0.439. The minimum absolute atomic E-state index is 0.439. The Labute approximate surface area is 112 Å². The topological polar surface area (TPSA) is 38.5 Å². The zero-order valence-corrected chi connectivity index (χ0v) is 12.1. The third-order valence-electron chi connectivity index (χ3n) is 4.62. The molecule has 2 atom stereocenters. The van der Waals surface area contributed by atoms with E-state index in [1.54, 1.807) is 0 Å². The Morgan fingerprint density at radius 3 is 2.44 bits per heavy atom. The maximum Gasteiger partial charge on any atom is 0.0561 e. The third-order valence-corrected chi connectivity index (χ3v) is 4.62. The quantitative estimate of drug-likeness (QED) is 0.838. The van der Waals surface area contributed by atoms with E-state index in [0.717, 1.165) is 18.7 Å². The maximum absolute atomic E-state index is 6.03. The summed E-state index contributed by atoms with van der Waals surface area (Å²) in [6.07, 6.45) is 9.14. The van der Waals surface area contributed by atoms with Crippen LogP contribution in [0.5, 0.6) is 0 Å². The van der Waals surface area contributed by atoms with Crippen LogP contribution < -0.4 is 5.73 Å². The summed E-state index contributed by atoms with van der Waals surface area (Å²) >= 11 is 0. The molecular weight excluding hydrogens is 224 g/mol. The van der Waals surface area contributed by atoms with Crippen molar-refractivity contribution in [3.63, 3.8) is 0 Å². The van der Waals surface area contributed by atoms with Gasteiger partial charge in [0.05, 0.1) is 6.10 Å². The molecule has 106 valence electrons. The molecule has 2 N–H and O–H groups in total. The van der Waals surface area contributed by atoms with Crippen molar-refractivity contribution < 1.29 is 4.74 Å².